The molecule has 3 heterocycles. The lowest BCUT2D eigenvalue weighted by atomic mass is 10.0. The number of hydrogen-bond acceptors (Lipinski definition) is 5. The molecule has 0 saturated carbocycles. The van der Waals surface area contributed by atoms with Crippen LogP contribution in [0.4, 0.5) is 5.69 Å². The monoisotopic (exact) mass is 381 g/mol. The predicted molar refractivity (Wildman–Crippen MR) is 107 cm³/mol. The molecule has 0 spiro atoms. The van der Waals surface area contributed by atoms with Crippen LogP contribution in [0.15, 0.2) is 55.1 Å². The molecule has 0 bridgehead atoms. The number of nitrogens with zero attached hydrogens (tertiary/aromatic N) is 4. The van der Waals surface area contributed by atoms with Gasteiger partial charge in [0.15, 0.2) is 0 Å². The van der Waals surface area contributed by atoms with Gasteiger partial charge in [0.25, 0.3) is 10.0 Å². The zero-order valence-corrected chi connectivity index (χ0v) is 16.0. The largest absolute Gasteiger partial charge is 0.378 e. The van der Waals surface area contributed by atoms with Crippen LogP contribution in [0, 0.1) is 0 Å². The summed E-state index contributed by atoms with van der Waals surface area (Å²) >= 11 is 0. The number of aromatic nitrogens is 4. The molecule has 27 heavy (non-hydrogen) atoms. The summed E-state index contributed by atoms with van der Waals surface area (Å²) in [5.41, 5.74) is 5.50. The average Bonchev–Trinajstić information content (AvgIpc) is 3.27. The smallest absolute Gasteiger partial charge is 0.250 e. The highest BCUT2D eigenvalue weighted by Crippen LogP contribution is 2.31. The van der Waals surface area contributed by atoms with Crippen molar-refractivity contribution in [2.45, 2.75) is 0 Å². The van der Waals surface area contributed by atoms with E-state index in [1.165, 1.54) is 6.20 Å². The lowest BCUT2D eigenvalue weighted by Gasteiger charge is -2.12. The molecule has 7 nitrogen and oxygen atoms in total. The van der Waals surface area contributed by atoms with E-state index in [9.17, 15) is 8.42 Å². The molecule has 0 unspecified atom stereocenters. The molecule has 0 saturated heterocycles. The number of H-pyrrole nitrogens is 1. The van der Waals surface area contributed by atoms with E-state index in [1.54, 1.807) is 6.20 Å². The van der Waals surface area contributed by atoms with Crippen LogP contribution in [0.5, 0.6) is 0 Å². The number of aromatic amines is 1. The van der Waals surface area contributed by atoms with Crippen LogP contribution in [0.2, 0.25) is 0 Å². The lowest BCUT2D eigenvalue weighted by molar-refractivity contribution is 0.586. The van der Waals surface area contributed by atoms with Gasteiger partial charge in [-0.25, -0.2) is 13.4 Å². The van der Waals surface area contributed by atoms with E-state index in [0.29, 0.717) is 5.56 Å². The van der Waals surface area contributed by atoms with Gasteiger partial charge in [-0.1, -0.05) is 12.1 Å². The van der Waals surface area contributed by atoms with Crippen molar-refractivity contribution in [1.82, 2.24) is 19.2 Å². The Hall–Kier alpha value is -3.13. The van der Waals surface area contributed by atoms with Crippen molar-refractivity contribution in [3.05, 3.63) is 55.1 Å². The van der Waals surface area contributed by atoms with E-state index < -0.39 is 10.0 Å². The summed E-state index contributed by atoms with van der Waals surface area (Å²) < 4.78 is 24.3. The van der Waals surface area contributed by atoms with Gasteiger partial charge in [-0.2, -0.15) is 9.19 Å². The van der Waals surface area contributed by atoms with E-state index in [4.69, 9.17) is 0 Å². The van der Waals surface area contributed by atoms with Crippen molar-refractivity contribution in [2.75, 3.05) is 25.3 Å². The summed E-state index contributed by atoms with van der Waals surface area (Å²) in [6.07, 6.45) is 7.82. The molecule has 0 aliphatic heterocycles. The predicted octanol–water partition coefficient (Wildman–Crippen LogP) is 2.97. The highest BCUT2D eigenvalue weighted by atomic mass is 32.2. The van der Waals surface area contributed by atoms with Crippen molar-refractivity contribution < 1.29 is 8.42 Å². The molecule has 0 fully saturated rings. The fraction of sp³-hybridized carbons (Fsp3) is 0.158. The Labute approximate surface area is 157 Å². The molecule has 1 N–H and O–H groups in total. The zero-order valence-electron chi connectivity index (χ0n) is 15.2. The quantitative estimate of drug-likeness (QED) is 0.588. The highest BCUT2D eigenvalue weighted by molar-refractivity contribution is 7.89. The molecule has 8 heteroatoms. The highest BCUT2D eigenvalue weighted by Gasteiger charge is 2.13. The third-order valence-corrected chi connectivity index (χ3v) is 5.34. The molecule has 4 aromatic rings. The Morgan fingerprint density at radius 2 is 1.78 bits per heavy atom. The summed E-state index contributed by atoms with van der Waals surface area (Å²) in [5, 5.41) is 4.86. The first-order chi connectivity index (χ1) is 12.8. The van der Waals surface area contributed by atoms with Gasteiger partial charge in [0.05, 0.1) is 18.6 Å². The number of nitrogens with one attached hydrogen (secondary N) is 1. The first-order valence-electron chi connectivity index (χ1n) is 8.33. The number of benzene rings is 1. The van der Waals surface area contributed by atoms with Gasteiger partial charge < -0.3 is 9.88 Å². The van der Waals surface area contributed by atoms with Crippen molar-refractivity contribution in [2.24, 2.45) is 0 Å². The van der Waals surface area contributed by atoms with Gasteiger partial charge >= 0.3 is 0 Å². The fourth-order valence-corrected chi connectivity index (χ4v) is 3.50. The molecule has 0 aliphatic rings. The minimum atomic E-state index is -3.41. The fourth-order valence-electron chi connectivity index (χ4n) is 2.98. The number of pyridine rings is 1. The standard InChI is InChI=1S/C19H19N5O2S/c1-23(2)16-6-4-13(5-7-16)14-8-17-18(11-21-19(17)20-9-14)15-10-22-24(12-15)27(3,25)26/h4-12H,1-3H3,(H,20,21). The summed E-state index contributed by atoms with van der Waals surface area (Å²) in [7, 11) is 0.598. The molecule has 1 aromatic carbocycles. The zero-order chi connectivity index (χ0) is 19.2. The van der Waals surface area contributed by atoms with Crippen LogP contribution in [0.1, 0.15) is 0 Å². The molecule has 0 amide bonds. The Morgan fingerprint density at radius 1 is 1.04 bits per heavy atom. The van der Waals surface area contributed by atoms with Gasteiger partial charge in [-0.15, -0.1) is 0 Å². The molecular formula is C19H19N5O2S. The minimum Gasteiger partial charge on any atom is -0.378 e. The van der Waals surface area contributed by atoms with Crippen molar-refractivity contribution in [3.8, 4) is 22.3 Å². The summed E-state index contributed by atoms with van der Waals surface area (Å²) in [4.78, 5) is 9.69. The van der Waals surface area contributed by atoms with Crippen LogP contribution in [0.25, 0.3) is 33.3 Å². The van der Waals surface area contributed by atoms with Crippen LogP contribution in [-0.4, -0.2) is 47.9 Å². The van der Waals surface area contributed by atoms with E-state index >= 15 is 0 Å². The first-order valence-corrected chi connectivity index (χ1v) is 10.2. The van der Waals surface area contributed by atoms with Crippen molar-refractivity contribution >= 4 is 26.7 Å². The molecule has 0 atom stereocenters. The maximum atomic E-state index is 11.7. The van der Waals surface area contributed by atoms with Gasteiger partial charge in [0, 0.05) is 54.3 Å². The number of rotatable bonds is 4. The first kappa shape index (κ1) is 17.3. The Kier molecular flexibility index (Phi) is 4.00. The van der Waals surface area contributed by atoms with Crippen molar-refractivity contribution in [1.29, 1.82) is 0 Å². The van der Waals surface area contributed by atoms with Crippen molar-refractivity contribution in [3.63, 3.8) is 0 Å². The Bertz CT molecular complexity index is 1220. The second-order valence-electron chi connectivity index (χ2n) is 6.63. The molecule has 0 aliphatic carbocycles. The van der Waals surface area contributed by atoms with Crippen LogP contribution >= 0.6 is 0 Å². The van der Waals surface area contributed by atoms with E-state index in [1.807, 2.05) is 26.5 Å². The number of fused-ring (bicyclic) bond motifs is 1. The van der Waals surface area contributed by atoms with E-state index in [-0.39, 0.29) is 0 Å². The normalized spacial score (nSPS) is 11.8. The Balaban J connectivity index is 1.78. The SMILES string of the molecule is CN(C)c1ccc(-c2cnc3[nH]cc(-c4cnn(S(C)(=O)=O)c4)c3c2)cc1. The second kappa shape index (κ2) is 6.24. The molecular weight excluding hydrogens is 362 g/mol. The van der Waals surface area contributed by atoms with Gasteiger partial charge in [-0.3, -0.25) is 0 Å². The third kappa shape index (κ3) is 3.19. The summed E-state index contributed by atoms with van der Waals surface area (Å²) in [6.45, 7) is 0. The average molecular weight is 381 g/mol. The van der Waals surface area contributed by atoms with Crippen LogP contribution < -0.4 is 4.90 Å². The third-order valence-electron chi connectivity index (χ3n) is 4.46. The maximum absolute atomic E-state index is 11.7. The van der Waals surface area contributed by atoms with Crippen LogP contribution in [-0.2, 0) is 10.0 Å². The molecule has 3 aromatic heterocycles. The van der Waals surface area contributed by atoms with Gasteiger partial charge in [0.1, 0.15) is 5.65 Å². The molecule has 138 valence electrons. The second-order valence-corrected chi connectivity index (χ2v) is 8.47. The summed E-state index contributed by atoms with van der Waals surface area (Å²) in [6, 6.07) is 10.3. The lowest BCUT2D eigenvalue weighted by Crippen LogP contribution is -2.09. The maximum Gasteiger partial charge on any atom is 0.250 e. The minimum absolute atomic E-state index is 0.716. The van der Waals surface area contributed by atoms with Crippen LogP contribution in [0.3, 0.4) is 0 Å². The number of hydrogen-bond donors (Lipinski definition) is 1. The molecule has 0 radical (unpaired) electrons. The van der Waals surface area contributed by atoms with Gasteiger partial charge in [0.2, 0.25) is 0 Å². The van der Waals surface area contributed by atoms with E-state index in [2.05, 4.69) is 50.3 Å². The topological polar surface area (TPSA) is 83.9 Å². The van der Waals surface area contributed by atoms with E-state index in [0.717, 1.165) is 43.8 Å². The summed E-state index contributed by atoms with van der Waals surface area (Å²) in [5.74, 6) is 0. The molecule has 4 rings (SSSR count). The number of anilines is 1. The van der Waals surface area contributed by atoms with Gasteiger partial charge in [-0.05, 0) is 23.8 Å². The Morgan fingerprint density at radius 3 is 2.41 bits per heavy atom.